The van der Waals surface area contributed by atoms with Crippen LogP contribution in [0.4, 0.5) is 5.69 Å². The normalized spacial score (nSPS) is 13.8. The average molecular weight is 435 g/mol. The molecule has 1 aliphatic carbocycles. The number of aromatic nitrogens is 2. The van der Waals surface area contributed by atoms with Gasteiger partial charge in [0.2, 0.25) is 5.91 Å². The smallest absolute Gasteiger partial charge is 0.253 e. The Labute approximate surface area is 186 Å². The summed E-state index contributed by atoms with van der Waals surface area (Å²) in [6.45, 7) is 2.05. The molecule has 160 valence electrons. The van der Waals surface area contributed by atoms with Crippen LogP contribution in [0.3, 0.4) is 0 Å². The van der Waals surface area contributed by atoms with E-state index in [0.717, 1.165) is 42.1 Å². The van der Waals surface area contributed by atoms with Gasteiger partial charge in [-0.3, -0.25) is 14.2 Å². The van der Waals surface area contributed by atoms with E-state index in [1.807, 2.05) is 54.1 Å². The summed E-state index contributed by atoms with van der Waals surface area (Å²) < 4.78 is 1.98. The third kappa shape index (κ3) is 5.17. The number of para-hydroxylation sites is 2. The first-order chi connectivity index (χ1) is 15.1. The Hall–Kier alpha value is -3.06. The van der Waals surface area contributed by atoms with Gasteiger partial charge < -0.3 is 10.6 Å². The predicted octanol–water partition coefficient (Wildman–Crippen LogP) is 4.58. The van der Waals surface area contributed by atoms with E-state index in [1.54, 1.807) is 18.3 Å². The van der Waals surface area contributed by atoms with Crippen molar-refractivity contribution in [2.45, 2.75) is 43.8 Å². The minimum Gasteiger partial charge on any atom is -0.349 e. The number of aryl methyl sites for hydroxylation is 1. The Morgan fingerprint density at radius 1 is 1.10 bits per heavy atom. The number of imidazole rings is 1. The molecule has 0 atom stereocenters. The van der Waals surface area contributed by atoms with E-state index < -0.39 is 0 Å². The van der Waals surface area contributed by atoms with Crippen molar-refractivity contribution in [1.82, 2.24) is 14.9 Å². The number of anilines is 1. The number of thioether (sulfide) groups is 1. The molecule has 0 radical (unpaired) electrons. The molecule has 0 bridgehead atoms. The average Bonchev–Trinajstić information content (AvgIpc) is 3.45. The summed E-state index contributed by atoms with van der Waals surface area (Å²) in [6, 6.07) is 15.4. The van der Waals surface area contributed by atoms with Crippen LogP contribution in [0.2, 0.25) is 0 Å². The van der Waals surface area contributed by atoms with Crippen LogP contribution < -0.4 is 10.6 Å². The van der Waals surface area contributed by atoms with Gasteiger partial charge in [-0.05, 0) is 43.5 Å². The molecule has 0 unspecified atom stereocenters. The third-order valence-corrected chi connectivity index (χ3v) is 6.42. The Morgan fingerprint density at radius 3 is 2.65 bits per heavy atom. The van der Waals surface area contributed by atoms with Gasteiger partial charge in [-0.2, -0.15) is 0 Å². The van der Waals surface area contributed by atoms with E-state index in [2.05, 4.69) is 15.6 Å². The molecule has 3 aromatic rings. The lowest BCUT2D eigenvalue weighted by Crippen LogP contribution is -2.33. The summed E-state index contributed by atoms with van der Waals surface area (Å²) in [6.07, 6.45) is 7.97. The van der Waals surface area contributed by atoms with Crippen LogP contribution >= 0.6 is 11.8 Å². The van der Waals surface area contributed by atoms with Gasteiger partial charge >= 0.3 is 0 Å². The molecule has 2 aromatic carbocycles. The highest BCUT2D eigenvalue weighted by Gasteiger charge is 2.20. The van der Waals surface area contributed by atoms with E-state index in [1.165, 1.54) is 11.8 Å². The van der Waals surface area contributed by atoms with Crippen LogP contribution in [0.25, 0.3) is 5.69 Å². The van der Waals surface area contributed by atoms with Crippen LogP contribution in [0.15, 0.2) is 66.1 Å². The van der Waals surface area contributed by atoms with Gasteiger partial charge in [-0.15, -0.1) is 0 Å². The van der Waals surface area contributed by atoms with Crippen LogP contribution in [0, 0.1) is 6.92 Å². The maximum atomic E-state index is 12.7. The molecule has 1 saturated carbocycles. The standard InChI is InChI=1S/C24H26N4O2S/c1-17-8-2-7-13-21(17)28-15-14-25-24(28)31-16-22(29)27-20-12-6-5-11-19(20)23(30)26-18-9-3-4-10-18/h2,5-8,11-15,18H,3-4,9-10,16H2,1H3,(H,26,30)(H,27,29). The molecular weight excluding hydrogens is 408 g/mol. The molecule has 1 aliphatic rings. The topological polar surface area (TPSA) is 76.0 Å². The molecule has 6 nitrogen and oxygen atoms in total. The van der Waals surface area contributed by atoms with Crippen molar-refractivity contribution in [2.24, 2.45) is 0 Å². The summed E-state index contributed by atoms with van der Waals surface area (Å²) in [5.74, 6) is -0.113. The lowest BCUT2D eigenvalue weighted by atomic mass is 10.1. The number of nitrogens with one attached hydrogen (secondary N) is 2. The van der Waals surface area contributed by atoms with Gasteiger partial charge in [-0.25, -0.2) is 4.98 Å². The molecule has 2 amide bonds. The predicted molar refractivity (Wildman–Crippen MR) is 124 cm³/mol. The first kappa shape index (κ1) is 21.2. The summed E-state index contributed by atoms with van der Waals surface area (Å²) in [5.41, 5.74) is 3.20. The largest absolute Gasteiger partial charge is 0.349 e. The second-order valence-electron chi connectivity index (χ2n) is 7.70. The van der Waals surface area contributed by atoms with Crippen LogP contribution in [-0.2, 0) is 4.79 Å². The summed E-state index contributed by atoms with van der Waals surface area (Å²) in [5, 5.41) is 6.72. The molecule has 1 heterocycles. The number of benzene rings is 2. The Bertz CT molecular complexity index is 1070. The molecular formula is C24H26N4O2S. The fraction of sp³-hybridized carbons (Fsp3) is 0.292. The number of carbonyl (C=O) groups excluding carboxylic acids is 2. The number of hydrogen-bond donors (Lipinski definition) is 2. The lowest BCUT2D eigenvalue weighted by Gasteiger charge is -2.15. The maximum absolute atomic E-state index is 12.7. The molecule has 0 aliphatic heterocycles. The minimum atomic E-state index is -0.176. The van der Waals surface area contributed by atoms with E-state index in [4.69, 9.17) is 0 Å². The zero-order valence-electron chi connectivity index (χ0n) is 17.5. The van der Waals surface area contributed by atoms with Gasteiger partial charge in [0.1, 0.15) is 0 Å². The molecule has 2 N–H and O–H groups in total. The van der Waals surface area contributed by atoms with Crippen molar-refractivity contribution in [3.8, 4) is 5.69 Å². The van der Waals surface area contributed by atoms with Gasteiger partial charge in [0.05, 0.1) is 22.7 Å². The zero-order valence-corrected chi connectivity index (χ0v) is 18.3. The van der Waals surface area contributed by atoms with Crippen LogP contribution in [0.5, 0.6) is 0 Å². The summed E-state index contributed by atoms with van der Waals surface area (Å²) >= 11 is 1.36. The van der Waals surface area contributed by atoms with Crippen LogP contribution in [0.1, 0.15) is 41.6 Å². The molecule has 1 aromatic heterocycles. The monoisotopic (exact) mass is 434 g/mol. The first-order valence-electron chi connectivity index (χ1n) is 10.5. The highest BCUT2D eigenvalue weighted by molar-refractivity contribution is 7.99. The minimum absolute atomic E-state index is 0.134. The molecule has 0 saturated heterocycles. The molecule has 0 spiro atoms. The van der Waals surface area contributed by atoms with Gasteiger partial charge in [-0.1, -0.05) is 54.9 Å². The highest BCUT2D eigenvalue weighted by Crippen LogP contribution is 2.24. The van der Waals surface area contributed by atoms with E-state index in [-0.39, 0.29) is 23.6 Å². The number of carbonyl (C=O) groups is 2. The number of rotatable bonds is 7. The highest BCUT2D eigenvalue weighted by atomic mass is 32.2. The molecule has 4 rings (SSSR count). The second kappa shape index (κ2) is 9.83. The van der Waals surface area contributed by atoms with E-state index >= 15 is 0 Å². The first-order valence-corrected chi connectivity index (χ1v) is 11.5. The van der Waals surface area contributed by atoms with Gasteiger partial charge in [0.25, 0.3) is 5.91 Å². The number of hydrogen-bond acceptors (Lipinski definition) is 4. The Balaban J connectivity index is 1.40. The Kier molecular flexibility index (Phi) is 6.72. The van der Waals surface area contributed by atoms with Crippen molar-refractivity contribution >= 4 is 29.3 Å². The molecule has 1 fully saturated rings. The maximum Gasteiger partial charge on any atom is 0.253 e. The number of nitrogens with zero attached hydrogens (tertiary/aromatic N) is 2. The molecule has 7 heteroatoms. The fourth-order valence-electron chi connectivity index (χ4n) is 3.85. The van der Waals surface area contributed by atoms with Crippen molar-refractivity contribution in [3.05, 3.63) is 72.1 Å². The molecule has 31 heavy (non-hydrogen) atoms. The van der Waals surface area contributed by atoms with Crippen molar-refractivity contribution < 1.29 is 9.59 Å². The third-order valence-electron chi connectivity index (χ3n) is 5.45. The van der Waals surface area contributed by atoms with Crippen molar-refractivity contribution in [2.75, 3.05) is 11.1 Å². The SMILES string of the molecule is Cc1ccccc1-n1ccnc1SCC(=O)Nc1ccccc1C(=O)NC1CCCC1. The summed E-state index contributed by atoms with van der Waals surface area (Å²) in [4.78, 5) is 29.7. The lowest BCUT2D eigenvalue weighted by molar-refractivity contribution is -0.113. The summed E-state index contributed by atoms with van der Waals surface area (Å²) in [7, 11) is 0. The quantitative estimate of drug-likeness (QED) is 0.534. The van der Waals surface area contributed by atoms with E-state index in [0.29, 0.717) is 11.3 Å². The fourth-order valence-corrected chi connectivity index (χ4v) is 4.62. The van der Waals surface area contributed by atoms with Crippen molar-refractivity contribution in [1.29, 1.82) is 0 Å². The van der Waals surface area contributed by atoms with Gasteiger partial charge in [0, 0.05) is 18.4 Å². The van der Waals surface area contributed by atoms with Crippen LogP contribution in [-0.4, -0.2) is 33.2 Å². The van der Waals surface area contributed by atoms with E-state index in [9.17, 15) is 9.59 Å². The van der Waals surface area contributed by atoms with Crippen molar-refractivity contribution in [3.63, 3.8) is 0 Å². The number of amides is 2. The van der Waals surface area contributed by atoms with Gasteiger partial charge in [0.15, 0.2) is 5.16 Å². The zero-order chi connectivity index (χ0) is 21.6. The Morgan fingerprint density at radius 2 is 1.84 bits per heavy atom. The second-order valence-corrected chi connectivity index (χ2v) is 8.65.